The summed E-state index contributed by atoms with van der Waals surface area (Å²) in [6.45, 7) is 0.400. The molecule has 2 rings (SSSR count). The minimum atomic E-state index is -4.35. The molecule has 0 radical (unpaired) electrons. The number of nitrogens with zero attached hydrogens (tertiary/aromatic N) is 1. The van der Waals surface area contributed by atoms with Crippen LogP contribution in [0.15, 0.2) is 30.3 Å². The number of nitrogens with one attached hydrogen (secondary N) is 1. The molecule has 116 valence electrons. The van der Waals surface area contributed by atoms with Crippen LogP contribution in [0.2, 0.25) is 0 Å². The van der Waals surface area contributed by atoms with Crippen molar-refractivity contribution in [1.82, 2.24) is 10.2 Å². The Morgan fingerprint density at radius 3 is 2.57 bits per heavy atom. The van der Waals surface area contributed by atoms with E-state index < -0.39 is 12.8 Å². The molecule has 1 fully saturated rings. The number of rotatable bonds is 5. The maximum Gasteiger partial charge on any atom is 0.411 e. The van der Waals surface area contributed by atoms with E-state index in [4.69, 9.17) is 0 Å². The van der Waals surface area contributed by atoms with Gasteiger partial charge in [0.1, 0.15) is 12.8 Å². The lowest BCUT2D eigenvalue weighted by molar-refractivity contribution is -0.175. The van der Waals surface area contributed by atoms with Crippen LogP contribution in [-0.2, 0) is 9.53 Å². The molecule has 21 heavy (non-hydrogen) atoms. The van der Waals surface area contributed by atoms with E-state index in [2.05, 4.69) is 10.1 Å². The van der Waals surface area contributed by atoms with Gasteiger partial charge in [-0.25, -0.2) is 0 Å². The molecule has 1 aliphatic heterocycles. The maximum absolute atomic E-state index is 12.1. The zero-order chi connectivity index (χ0) is 15.5. The monoisotopic (exact) mass is 302 g/mol. The zero-order valence-corrected chi connectivity index (χ0v) is 11.6. The number of ether oxygens (including phenoxy) is 1. The fraction of sp³-hybridized carbons (Fsp3) is 0.500. The average molecular weight is 302 g/mol. The van der Waals surface area contributed by atoms with Crippen molar-refractivity contribution in [2.75, 3.05) is 19.8 Å². The van der Waals surface area contributed by atoms with Gasteiger partial charge in [-0.1, -0.05) is 30.3 Å². The molecule has 2 atom stereocenters. The predicted molar refractivity (Wildman–Crippen MR) is 70.4 cm³/mol. The molecule has 1 aromatic rings. The molecule has 1 amide bonds. The van der Waals surface area contributed by atoms with Crippen molar-refractivity contribution in [3.05, 3.63) is 35.9 Å². The summed E-state index contributed by atoms with van der Waals surface area (Å²) < 4.78 is 40.6. The highest BCUT2D eigenvalue weighted by atomic mass is 19.4. The molecule has 0 saturated carbocycles. The normalized spacial score (nSPS) is 22.9. The molecule has 0 aliphatic carbocycles. The number of halogens is 3. The minimum Gasteiger partial charge on any atom is -0.370 e. The highest BCUT2D eigenvalue weighted by Gasteiger charge is 2.36. The maximum atomic E-state index is 12.1. The van der Waals surface area contributed by atoms with Crippen molar-refractivity contribution >= 4 is 5.91 Å². The number of hydrogen-bond donors (Lipinski definition) is 1. The first-order valence-corrected chi connectivity index (χ1v) is 6.64. The quantitative estimate of drug-likeness (QED) is 0.847. The van der Waals surface area contributed by atoms with Crippen LogP contribution < -0.4 is 5.32 Å². The van der Waals surface area contributed by atoms with Gasteiger partial charge in [0.15, 0.2) is 0 Å². The van der Waals surface area contributed by atoms with E-state index in [0.29, 0.717) is 0 Å². The number of carbonyl (C=O) groups is 1. The molecule has 1 saturated heterocycles. The minimum absolute atomic E-state index is 0.117. The summed E-state index contributed by atoms with van der Waals surface area (Å²) in [5, 5.41) is 3.13. The van der Waals surface area contributed by atoms with Crippen LogP contribution in [-0.4, -0.2) is 42.8 Å². The van der Waals surface area contributed by atoms with Gasteiger partial charge in [-0.2, -0.15) is 13.2 Å². The third-order valence-corrected chi connectivity index (χ3v) is 3.23. The van der Waals surface area contributed by atoms with Crippen LogP contribution in [0.3, 0.4) is 0 Å². The largest absolute Gasteiger partial charge is 0.411 e. The summed E-state index contributed by atoms with van der Waals surface area (Å²) in [7, 11) is 0. The van der Waals surface area contributed by atoms with Crippen LogP contribution in [0.25, 0.3) is 0 Å². The molecular weight excluding hydrogens is 285 g/mol. The van der Waals surface area contributed by atoms with E-state index >= 15 is 0 Å². The van der Waals surface area contributed by atoms with Gasteiger partial charge in [-0.05, 0) is 12.5 Å². The SMILES string of the molecule is CC1NC(c2ccccc2)N(CCOCC(F)(F)F)C1=O. The van der Waals surface area contributed by atoms with Crippen LogP contribution in [0.4, 0.5) is 13.2 Å². The Bertz CT molecular complexity index is 479. The van der Waals surface area contributed by atoms with Crippen LogP contribution in [0.5, 0.6) is 0 Å². The van der Waals surface area contributed by atoms with Crippen LogP contribution in [0.1, 0.15) is 18.7 Å². The Labute approximate surface area is 120 Å². The lowest BCUT2D eigenvalue weighted by Crippen LogP contribution is -2.34. The predicted octanol–water partition coefficient (Wildman–Crippen LogP) is 2.08. The second-order valence-corrected chi connectivity index (χ2v) is 4.90. The van der Waals surface area contributed by atoms with Crippen LogP contribution in [0, 0.1) is 0 Å². The van der Waals surface area contributed by atoms with Crippen LogP contribution >= 0.6 is 0 Å². The Balaban J connectivity index is 1.96. The molecule has 0 spiro atoms. The van der Waals surface area contributed by atoms with Gasteiger partial charge in [0.2, 0.25) is 5.91 Å². The third-order valence-electron chi connectivity index (χ3n) is 3.23. The van der Waals surface area contributed by atoms with Gasteiger partial charge in [0, 0.05) is 6.54 Å². The van der Waals surface area contributed by atoms with Crippen molar-refractivity contribution in [3.63, 3.8) is 0 Å². The van der Waals surface area contributed by atoms with E-state index in [0.717, 1.165) is 5.56 Å². The fourth-order valence-electron chi connectivity index (χ4n) is 2.28. The fourth-order valence-corrected chi connectivity index (χ4v) is 2.28. The summed E-state index contributed by atoms with van der Waals surface area (Å²) in [6, 6.07) is 8.93. The van der Waals surface area contributed by atoms with E-state index in [-0.39, 0.29) is 31.3 Å². The molecule has 1 aromatic carbocycles. The molecule has 4 nitrogen and oxygen atoms in total. The second-order valence-electron chi connectivity index (χ2n) is 4.90. The van der Waals surface area contributed by atoms with Crippen molar-refractivity contribution in [1.29, 1.82) is 0 Å². The number of benzene rings is 1. The number of carbonyl (C=O) groups excluding carboxylic acids is 1. The van der Waals surface area contributed by atoms with Gasteiger partial charge in [0.05, 0.1) is 12.6 Å². The van der Waals surface area contributed by atoms with E-state index in [1.54, 1.807) is 6.92 Å². The molecule has 0 aromatic heterocycles. The molecule has 7 heteroatoms. The first kappa shape index (κ1) is 15.8. The van der Waals surface area contributed by atoms with E-state index in [1.807, 2.05) is 30.3 Å². The second kappa shape index (κ2) is 6.44. The lowest BCUT2D eigenvalue weighted by Gasteiger charge is -2.24. The molecule has 1 N–H and O–H groups in total. The third kappa shape index (κ3) is 4.18. The van der Waals surface area contributed by atoms with Crippen molar-refractivity contribution in [3.8, 4) is 0 Å². The van der Waals surface area contributed by atoms with Gasteiger partial charge in [0.25, 0.3) is 0 Å². The Morgan fingerprint density at radius 1 is 1.29 bits per heavy atom. The average Bonchev–Trinajstić information content (AvgIpc) is 2.71. The van der Waals surface area contributed by atoms with Gasteiger partial charge < -0.3 is 9.64 Å². The van der Waals surface area contributed by atoms with Crippen molar-refractivity contribution < 1.29 is 22.7 Å². The first-order valence-electron chi connectivity index (χ1n) is 6.64. The smallest absolute Gasteiger partial charge is 0.370 e. The standard InChI is InChI=1S/C14H17F3N2O2/c1-10-13(20)19(7-8-21-9-14(15,16)17)12(18-10)11-5-3-2-4-6-11/h2-6,10,12,18H,7-9H2,1H3. The molecular formula is C14H17F3N2O2. The van der Waals surface area contributed by atoms with Gasteiger partial charge in [-0.3, -0.25) is 10.1 Å². The number of hydrogen-bond acceptors (Lipinski definition) is 3. The molecule has 2 unspecified atom stereocenters. The summed E-state index contributed by atoms with van der Waals surface area (Å²) in [4.78, 5) is 13.6. The van der Waals surface area contributed by atoms with Gasteiger partial charge >= 0.3 is 6.18 Å². The van der Waals surface area contributed by atoms with Crippen molar-refractivity contribution in [2.45, 2.75) is 25.3 Å². The summed E-state index contributed by atoms with van der Waals surface area (Å²) in [6.07, 6.45) is -4.68. The number of alkyl halides is 3. The van der Waals surface area contributed by atoms with E-state index in [1.165, 1.54) is 4.90 Å². The Kier molecular flexibility index (Phi) is 4.84. The number of amides is 1. The summed E-state index contributed by atoms with van der Waals surface area (Å²) >= 11 is 0. The molecule has 1 aliphatic rings. The topological polar surface area (TPSA) is 41.6 Å². The highest BCUT2D eigenvalue weighted by Crippen LogP contribution is 2.24. The molecule has 0 bridgehead atoms. The Hall–Kier alpha value is -1.60. The molecule has 1 heterocycles. The summed E-state index contributed by atoms with van der Waals surface area (Å²) in [5.74, 6) is -0.139. The van der Waals surface area contributed by atoms with E-state index in [9.17, 15) is 18.0 Å². The summed E-state index contributed by atoms with van der Waals surface area (Å²) in [5.41, 5.74) is 0.894. The zero-order valence-electron chi connectivity index (χ0n) is 11.6. The van der Waals surface area contributed by atoms with Gasteiger partial charge in [-0.15, -0.1) is 0 Å². The first-order chi connectivity index (χ1) is 9.88. The van der Waals surface area contributed by atoms with Crippen molar-refractivity contribution in [2.24, 2.45) is 0 Å². The Morgan fingerprint density at radius 2 is 1.95 bits per heavy atom. The lowest BCUT2D eigenvalue weighted by atomic mass is 10.1. The highest BCUT2D eigenvalue weighted by molar-refractivity contribution is 5.84.